The molecule has 0 saturated carbocycles. The summed E-state index contributed by atoms with van der Waals surface area (Å²) in [5, 5.41) is 6.56. The Labute approximate surface area is 173 Å². The second-order valence-electron chi connectivity index (χ2n) is 8.44. The molecule has 11 heteroatoms. The third-order valence-corrected chi connectivity index (χ3v) is 6.97. The van der Waals surface area contributed by atoms with Crippen LogP contribution < -0.4 is 11.1 Å². The number of aromatic amines is 1. The molecule has 0 spiro atoms. The monoisotopic (exact) mass is 440 g/mol. The van der Waals surface area contributed by atoms with Gasteiger partial charge in [-0.25, -0.2) is 17.6 Å². The summed E-state index contributed by atoms with van der Waals surface area (Å²) in [5.74, 6) is -1.95. The highest BCUT2D eigenvalue weighted by Gasteiger charge is 2.37. The van der Waals surface area contributed by atoms with Crippen molar-refractivity contribution < 1.29 is 22.1 Å². The zero-order valence-electron chi connectivity index (χ0n) is 17.0. The van der Waals surface area contributed by atoms with Gasteiger partial charge in [0, 0.05) is 13.1 Å². The topological polar surface area (TPSA) is 125 Å². The van der Waals surface area contributed by atoms with Crippen molar-refractivity contribution in [2.45, 2.75) is 44.6 Å². The van der Waals surface area contributed by atoms with Crippen LogP contribution in [0, 0.1) is 17.2 Å². The Morgan fingerprint density at radius 3 is 2.57 bits per heavy atom. The number of aromatic nitrogens is 2. The van der Waals surface area contributed by atoms with E-state index in [4.69, 9.17) is 0 Å². The van der Waals surface area contributed by atoms with Crippen molar-refractivity contribution in [1.82, 2.24) is 19.8 Å². The van der Waals surface area contributed by atoms with Crippen molar-refractivity contribution >= 4 is 15.9 Å². The van der Waals surface area contributed by atoms with E-state index >= 15 is 0 Å². The normalized spacial score (nSPS) is 19.4. The van der Waals surface area contributed by atoms with E-state index in [1.165, 1.54) is 16.4 Å². The summed E-state index contributed by atoms with van der Waals surface area (Å²) in [6, 6.07) is 3.98. The standard InChI is InChI=1S/C19H25FN4O5S/c1-19(2,3)15(16-22-18(26)29-23-16)21-17(25)12-5-4-10-24(11-12)30(27,28)14-8-6-13(20)7-9-14/h6-9,12,15H,4-5,10-11H2,1-3H3,(H,21,25)(H,22,23,26). The lowest BCUT2D eigenvalue weighted by Crippen LogP contribution is -2.47. The molecule has 2 atom stereocenters. The molecule has 2 unspecified atom stereocenters. The smallest absolute Gasteiger partial charge is 0.345 e. The molecule has 9 nitrogen and oxygen atoms in total. The predicted molar refractivity (Wildman–Crippen MR) is 105 cm³/mol. The second-order valence-corrected chi connectivity index (χ2v) is 10.4. The van der Waals surface area contributed by atoms with Crippen LogP contribution in [-0.4, -0.2) is 41.9 Å². The van der Waals surface area contributed by atoms with Crippen LogP contribution in [0.4, 0.5) is 4.39 Å². The summed E-state index contributed by atoms with van der Waals surface area (Å²) < 4.78 is 44.7. The largest absolute Gasteiger partial charge is 0.438 e. The van der Waals surface area contributed by atoms with E-state index in [0.29, 0.717) is 12.8 Å². The van der Waals surface area contributed by atoms with Crippen LogP contribution in [0.15, 0.2) is 38.5 Å². The van der Waals surface area contributed by atoms with Gasteiger partial charge in [0.15, 0.2) is 5.82 Å². The molecule has 164 valence electrons. The van der Waals surface area contributed by atoms with Gasteiger partial charge in [0.25, 0.3) is 0 Å². The Bertz CT molecular complexity index is 1060. The number of nitrogens with one attached hydrogen (secondary N) is 2. The lowest BCUT2D eigenvalue weighted by atomic mass is 9.85. The first kappa shape index (κ1) is 22.2. The number of carbonyl (C=O) groups is 1. The van der Waals surface area contributed by atoms with E-state index in [-0.39, 0.29) is 29.7 Å². The van der Waals surface area contributed by atoms with Gasteiger partial charge >= 0.3 is 5.76 Å². The minimum Gasteiger partial charge on any atom is -0.345 e. The van der Waals surface area contributed by atoms with Gasteiger partial charge in [-0.05, 0) is 42.5 Å². The lowest BCUT2D eigenvalue weighted by molar-refractivity contribution is -0.127. The van der Waals surface area contributed by atoms with Gasteiger partial charge in [0.1, 0.15) is 5.82 Å². The van der Waals surface area contributed by atoms with Crippen LogP contribution in [0.1, 0.15) is 45.5 Å². The lowest BCUT2D eigenvalue weighted by Gasteiger charge is -2.34. The molecule has 0 radical (unpaired) electrons. The summed E-state index contributed by atoms with van der Waals surface area (Å²) in [5.41, 5.74) is -0.482. The second kappa shape index (κ2) is 8.31. The number of hydrogen-bond acceptors (Lipinski definition) is 6. The van der Waals surface area contributed by atoms with Crippen LogP contribution >= 0.6 is 0 Å². The van der Waals surface area contributed by atoms with Gasteiger partial charge in [0.05, 0.1) is 16.9 Å². The number of H-pyrrole nitrogens is 1. The number of sulfonamides is 1. The van der Waals surface area contributed by atoms with Crippen LogP contribution in [-0.2, 0) is 14.8 Å². The van der Waals surface area contributed by atoms with Crippen molar-refractivity contribution in [2.24, 2.45) is 11.3 Å². The number of benzene rings is 1. The van der Waals surface area contributed by atoms with Crippen LogP contribution in [0.25, 0.3) is 0 Å². The first-order valence-corrected chi connectivity index (χ1v) is 11.0. The minimum absolute atomic E-state index is 0.0116. The van der Waals surface area contributed by atoms with Crippen molar-refractivity contribution in [3.05, 3.63) is 46.5 Å². The maximum absolute atomic E-state index is 13.1. The summed E-state index contributed by atoms with van der Waals surface area (Å²) in [7, 11) is -3.84. The molecule has 2 heterocycles. The highest BCUT2D eigenvalue weighted by Crippen LogP contribution is 2.32. The Morgan fingerprint density at radius 1 is 1.33 bits per heavy atom. The number of rotatable bonds is 5. The highest BCUT2D eigenvalue weighted by atomic mass is 32.2. The zero-order chi connectivity index (χ0) is 22.1. The van der Waals surface area contributed by atoms with Gasteiger partial charge in [0.2, 0.25) is 15.9 Å². The van der Waals surface area contributed by atoms with Gasteiger partial charge in [-0.1, -0.05) is 25.9 Å². The highest BCUT2D eigenvalue weighted by molar-refractivity contribution is 7.89. The van der Waals surface area contributed by atoms with E-state index < -0.39 is 39.0 Å². The Balaban J connectivity index is 1.76. The van der Waals surface area contributed by atoms with Crippen molar-refractivity contribution in [1.29, 1.82) is 0 Å². The molecular weight excluding hydrogens is 415 g/mol. The number of piperidine rings is 1. The van der Waals surface area contributed by atoms with E-state index in [1.54, 1.807) is 0 Å². The van der Waals surface area contributed by atoms with Gasteiger partial charge < -0.3 is 5.32 Å². The maximum atomic E-state index is 13.1. The van der Waals surface area contributed by atoms with Gasteiger partial charge in [-0.2, -0.15) is 4.31 Å². The molecule has 3 rings (SSSR count). The van der Waals surface area contributed by atoms with E-state index in [0.717, 1.165) is 12.1 Å². The number of nitrogens with zero attached hydrogens (tertiary/aromatic N) is 2. The molecule has 30 heavy (non-hydrogen) atoms. The molecule has 1 fully saturated rings. The number of amides is 1. The molecule has 1 aromatic carbocycles. The summed E-state index contributed by atoms with van der Waals surface area (Å²) in [4.78, 5) is 26.7. The fraction of sp³-hybridized carbons (Fsp3) is 0.526. The third-order valence-electron chi connectivity index (χ3n) is 5.09. The summed E-state index contributed by atoms with van der Waals surface area (Å²) in [6.07, 6.45) is 1.03. The van der Waals surface area contributed by atoms with Crippen molar-refractivity contribution in [2.75, 3.05) is 13.1 Å². The van der Waals surface area contributed by atoms with Crippen LogP contribution in [0.3, 0.4) is 0 Å². The summed E-state index contributed by atoms with van der Waals surface area (Å²) >= 11 is 0. The molecule has 1 saturated heterocycles. The van der Waals surface area contributed by atoms with E-state index in [1.807, 2.05) is 20.8 Å². The van der Waals surface area contributed by atoms with Crippen molar-refractivity contribution in [3.8, 4) is 0 Å². The Morgan fingerprint density at radius 2 is 2.00 bits per heavy atom. The Kier molecular flexibility index (Phi) is 6.14. The molecule has 0 bridgehead atoms. The molecule has 0 aliphatic carbocycles. The molecule has 1 aromatic heterocycles. The Hall–Kier alpha value is -2.53. The average Bonchev–Trinajstić information content (AvgIpc) is 3.11. The fourth-order valence-electron chi connectivity index (χ4n) is 3.45. The first-order chi connectivity index (χ1) is 14.0. The quantitative estimate of drug-likeness (QED) is 0.730. The molecule has 1 aliphatic rings. The molecule has 2 N–H and O–H groups in total. The number of halogens is 1. The van der Waals surface area contributed by atoms with Crippen LogP contribution in [0.5, 0.6) is 0 Å². The van der Waals surface area contributed by atoms with E-state index in [9.17, 15) is 22.4 Å². The van der Waals surface area contributed by atoms with Gasteiger partial charge in [-0.15, -0.1) is 0 Å². The number of carbonyl (C=O) groups excluding carboxylic acids is 1. The predicted octanol–water partition coefficient (Wildman–Crippen LogP) is 1.81. The molecule has 1 amide bonds. The fourth-order valence-corrected chi connectivity index (χ4v) is 4.98. The molecule has 1 aliphatic heterocycles. The maximum Gasteiger partial charge on any atom is 0.438 e. The summed E-state index contributed by atoms with van der Waals surface area (Å²) in [6.45, 7) is 5.91. The van der Waals surface area contributed by atoms with Gasteiger partial charge in [-0.3, -0.25) is 14.3 Å². The number of hydrogen-bond donors (Lipinski definition) is 2. The minimum atomic E-state index is -3.84. The molecular formula is C19H25FN4O5S. The first-order valence-electron chi connectivity index (χ1n) is 9.60. The zero-order valence-corrected chi connectivity index (χ0v) is 17.8. The molecule has 2 aromatic rings. The SMILES string of the molecule is CC(C)(C)C(NC(=O)C1CCCN(S(=O)(=O)c2ccc(F)cc2)C1)c1noc(=O)[nH]1. The van der Waals surface area contributed by atoms with Crippen molar-refractivity contribution in [3.63, 3.8) is 0 Å². The third kappa shape index (κ3) is 4.78. The van der Waals surface area contributed by atoms with E-state index in [2.05, 4.69) is 20.0 Å². The van der Waals surface area contributed by atoms with Crippen LogP contribution in [0.2, 0.25) is 0 Å². The average molecular weight is 440 g/mol.